The fourth-order valence-electron chi connectivity index (χ4n) is 4.15. The van der Waals surface area contributed by atoms with Crippen LogP contribution in [0.25, 0.3) is 27.7 Å². The highest BCUT2D eigenvalue weighted by Crippen LogP contribution is 2.29. The predicted octanol–water partition coefficient (Wildman–Crippen LogP) is 3.07. The van der Waals surface area contributed by atoms with E-state index in [1.165, 1.54) is 6.20 Å². The smallest absolute Gasteiger partial charge is 0.349 e. The van der Waals surface area contributed by atoms with Gasteiger partial charge >= 0.3 is 6.18 Å². The van der Waals surface area contributed by atoms with E-state index in [1.807, 2.05) is 12.1 Å². The number of aromatic amines is 1. The van der Waals surface area contributed by atoms with Gasteiger partial charge in [0.05, 0.1) is 17.3 Å². The van der Waals surface area contributed by atoms with Crippen LogP contribution in [0, 0.1) is 0 Å². The van der Waals surface area contributed by atoms with E-state index in [-0.39, 0.29) is 17.9 Å². The summed E-state index contributed by atoms with van der Waals surface area (Å²) in [7, 11) is 2.07. The molecule has 178 valence electrons. The van der Waals surface area contributed by atoms with Crippen LogP contribution in [0.1, 0.15) is 23.2 Å². The third kappa shape index (κ3) is 4.53. The van der Waals surface area contributed by atoms with Crippen LogP contribution in [0.5, 0.6) is 0 Å². The van der Waals surface area contributed by atoms with Gasteiger partial charge in [-0.05, 0) is 50.7 Å². The van der Waals surface area contributed by atoms with Gasteiger partial charge < -0.3 is 20.5 Å². The second-order valence-corrected chi connectivity index (χ2v) is 8.48. The molecule has 0 radical (unpaired) electrons. The van der Waals surface area contributed by atoms with E-state index in [9.17, 15) is 18.0 Å². The molecule has 1 aliphatic rings. The maximum atomic E-state index is 13.0. The van der Waals surface area contributed by atoms with Crippen LogP contribution in [-0.4, -0.2) is 74.3 Å². The Morgan fingerprint density at radius 2 is 2.06 bits per heavy atom. The summed E-state index contributed by atoms with van der Waals surface area (Å²) in [5.41, 5.74) is 3.11. The fourth-order valence-corrected chi connectivity index (χ4v) is 4.15. The first-order valence-corrected chi connectivity index (χ1v) is 10.9. The number of fused-ring (bicyclic) bond motifs is 2. The fraction of sp³-hybridized carbons (Fsp3) is 0.364. The number of carbonyl (C=O) groups excluding carboxylic acids is 1. The van der Waals surface area contributed by atoms with E-state index in [2.05, 4.69) is 42.6 Å². The highest BCUT2D eigenvalue weighted by Gasteiger charge is 2.27. The van der Waals surface area contributed by atoms with Crippen molar-refractivity contribution in [1.29, 1.82) is 0 Å². The molecule has 0 aromatic carbocycles. The first-order chi connectivity index (χ1) is 16.3. The second-order valence-electron chi connectivity index (χ2n) is 8.48. The van der Waals surface area contributed by atoms with Crippen molar-refractivity contribution in [3.05, 3.63) is 42.5 Å². The Hall–Kier alpha value is -3.67. The summed E-state index contributed by atoms with van der Waals surface area (Å²) in [6.45, 7) is 0.673. The van der Waals surface area contributed by atoms with Crippen molar-refractivity contribution in [3.8, 4) is 11.1 Å². The zero-order chi connectivity index (χ0) is 23.9. The number of alkyl halides is 3. The van der Waals surface area contributed by atoms with E-state index in [0.717, 1.165) is 37.1 Å². The molecule has 4 aromatic heterocycles. The molecule has 1 aliphatic heterocycles. The molecule has 0 aliphatic carbocycles. The van der Waals surface area contributed by atoms with Gasteiger partial charge in [0.25, 0.3) is 5.91 Å². The SMILES string of the molecule is CN1CCC(NC(=O)c2cnn3ccc(-c4c[nH]c5nc(NCC(F)(F)F)ncc45)cc23)CC1. The number of likely N-dealkylation sites (tertiary alicyclic amines) is 1. The molecule has 1 fully saturated rings. The third-order valence-electron chi connectivity index (χ3n) is 6.01. The van der Waals surface area contributed by atoms with E-state index in [1.54, 1.807) is 23.1 Å². The standard InChI is InChI=1S/C22H23F3N8O/c1-32-5-3-14(4-6-32)30-20(34)17-11-29-33-7-2-13(8-18(17)33)15-9-26-19-16(15)10-27-21(31-19)28-12-22(23,24)25/h2,7-11,14H,3-6,12H2,1H3,(H,30,34)(H2,26,27,28,31). The number of anilines is 1. The number of hydrogen-bond donors (Lipinski definition) is 3. The number of hydrogen-bond acceptors (Lipinski definition) is 6. The molecule has 12 heteroatoms. The highest BCUT2D eigenvalue weighted by molar-refractivity contribution is 6.02. The van der Waals surface area contributed by atoms with Crippen LogP contribution in [-0.2, 0) is 0 Å². The molecule has 0 bridgehead atoms. The van der Waals surface area contributed by atoms with Crippen LogP contribution >= 0.6 is 0 Å². The molecule has 34 heavy (non-hydrogen) atoms. The lowest BCUT2D eigenvalue weighted by Crippen LogP contribution is -2.43. The molecule has 5 rings (SSSR count). The van der Waals surface area contributed by atoms with Crippen molar-refractivity contribution < 1.29 is 18.0 Å². The number of pyridine rings is 1. The largest absolute Gasteiger partial charge is 0.405 e. The Balaban J connectivity index is 1.40. The molecule has 5 heterocycles. The summed E-state index contributed by atoms with van der Waals surface area (Å²) in [5.74, 6) is -0.276. The van der Waals surface area contributed by atoms with Gasteiger partial charge in [-0.1, -0.05) is 0 Å². The average molecular weight is 472 g/mol. The Morgan fingerprint density at radius 1 is 1.26 bits per heavy atom. The first kappa shape index (κ1) is 22.1. The summed E-state index contributed by atoms with van der Waals surface area (Å²) in [6, 6.07) is 3.83. The van der Waals surface area contributed by atoms with Gasteiger partial charge in [-0.2, -0.15) is 23.3 Å². The van der Waals surface area contributed by atoms with E-state index < -0.39 is 12.7 Å². The normalized spacial score (nSPS) is 15.8. The third-order valence-corrected chi connectivity index (χ3v) is 6.01. The summed E-state index contributed by atoms with van der Waals surface area (Å²) in [5, 5.41) is 10.2. The van der Waals surface area contributed by atoms with Gasteiger partial charge in [-0.3, -0.25) is 4.79 Å². The number of nitrogens with one attached hydrogen (secondary N) is 3. The molecular formula is C22H23F3N8O. The maximum Gasteiger partial charge on any atom is 0.405 e. The van der Waals surface area contributed by atoms with Crippen LogP contribution in [0.4, 0.5) is 19.1 Å². The minimum Gasteiger partial charge on any atom is -0.349 e. The number of halogens is 3. The van der Waals surface area contributed by atoms with E-state index in [4.69, 9.17) is 0 Å². The molecule has 0 spiro atoms. The lowest BCUT2D eigenvalue weighted by molar-refractivity contribution is -0.115. The number of amides is 1. The van der Waals surface area contributed by atoms with Crippen LogP contribution in [0.3, 0.4) is 0 Å². The van der Waals surface area contributed by atoms with E-state index >= 15 is 0 Å². The van der Waals surface area contributed by atoms with Crippen molar-refractivity contribution in [2.45, 2.75) is 25.1 Å². The van der Waals surface area contributed by atoms with Gasteiger partial charge in [0.1, 0.15) is 12.2 Å². The zero-order valence-corrected chi connectivity index (χ0v) is 18.4. The van der Waals surface area contributed by atoms with Crippen molar-refractivity contribution in [2.75, 3.05) is 32.0 Å². The molecule has 1 amide bonds. The average Bonchev–Trinajstić information content (AvgIpc) is 3.42. The summed E-state index contributed by atoms with van der Waals surface area (Å²) < 4.78 is 39.0. The lowest BCUT2D eigenvalue weighted by atomic mass is 10.0. The number of rotatable bonds is 5. The predicted molar refractivity (Wildman–Crippen MR) is 121 cm³/mol. The first-order valence-electron chi connectivity index (χ1n) is 10.9. The Kier molecular flexibility index (Phi) is 5.60. The number of aromatic nitrogens is 5. The van der Waals surface area contributed by atoms with Crippen molar-refractivity contribution in [2.24, 2.45) is 0 Å². The summed E-state index contributed by atoms with van der Waals surface area (Å²) >= 11 is 0. The molecule has 0 unspecified atom stereocenters. The summed E-state index contributed by atoms with van der Waals surface area (Å²) in [6.07, 6.45) is 3.95. The van der Waals surface area contributed by atoms with E-state index in [0.29, 0.717) is 22.1 Å². The molecule has 4 aromatic rings. The van der Waals surface area contributed by atoms with Crippen LogP contribution < -0.4 is 10.6 Å². The van der Waals surface area contributed by atoms with Gasteiger partial charge in [0.2, 0.25) is 5.95 Å². The highest BCUT2D eigenvalue weighted by atomic mass is 19.4. The van der Waals surface area contributed by atoms with Crippen molar-refractivity contribution >= 4 is 28.4 Å². The van der Waals surface area contributed by atoms with Gasteiger partial charge in [0, 0.05) is 35.6 Å². The van der Waals surface area contributed by atoms with Crippen molar-refractivity contribution in [1.82, 2.24) is 34.8 Å². The number of carbonyl (C=O) groups is 1. The van der Waals surface area contributed by atoms with Gasteiger partial charge in [0.15, 0.2) is 0 Å². The quantitative estimate of drug-likeness (QED) is 0.413. The molecule has 9 nitrogen and oxygen atoms in total. The van der Waals surface area contributed by atoms with Crippen LogP contribution in [0.2, 0.25) is 0 Å². The van der Waals surface area contributed by atoms with Crippen LogP contribution in [0.15, 0.2) is 36.9 Å². The molecule has 0 atom stereocenters. The number of nitrogens with zero attached hydrogens (tertiary/aromatic N) is 5. The Bertz CT molecular complexity index is 1340. The number of H-pyrrole nitrogens is 1. The molecule has 0 saturated carbocycles. The summed E-state index contributed by atoms with van der Waals surface area (Å²) in [4.78, 5) is 26.3. The minimum absolute atomic E-state index is 0.114. The second kappa shape index (κ2) is 8.60. The van der Waals surface area contributed by atoms with Gasteiger partial charge in [-0.15, -0.1) is 0 Å². The lowest BCUT2D eigenvalue weighted by Gasteiger charge is -2.29. The minimum atomic E-state index is -4.36. The topological polar surface area (TPSA) is 103 Å². The Labute approximate surface area is 192 Å². The molecule has 1 saturated heterocycles. The van der Waals surface area contributed by atoms with Crippen molar-refractivity contribution in [3.63, 3.8) is 0 Å². The molecule has 3 N–H and O–H groups in total. The zero-order valence-electron chi connectivity index (χ0n) is 18.4. The number of piperidine rings is 1. The van der Waals surface area contributed by atoms with Gasteiger partial charge in [-0.25, -0.2) is 9.50 Å². The monoisotopic (exact) mass is 472 g/mol. The maximum absolute atomic E-state index is 13.0. The molecular weight excluding hydrogens is 449 g/mol. The Morgan fingerprint density at radius 3 is 2.82 bits per heavy atom.